The van der Waals surface area contributed by atoms with Gasteiger partial charge in [-0.2, -0.15) is 0 Å². The molecule has 1 N–H and O–H groups in total. The van der Waals surface area contributed by atoms with E-state index in [0.717, 1.165) is 5.56 Å². The number of pyridine rings is 1. The minimum Gasteiger partial charge on any atom is -0.339 e. The molecule has 0 amide bonds. The number of anilines is 2. The second-order valence-corrected chi connectivity index (χ2v) is 6.53. The number of nitrogens with zero attached hydrogens (tertiary/aromatic N) is 3. The van der Waals surface area contributed by atoms with Gasteiger partial charge in [-0.25, -0.2) is 18.7 Å². The third-order valence-electron chi connectivity index (χ3n) is 4.73. The first-order valence-corrected chi connectivity index (χ1v) is 8.82. The summed E-state index contributed by atoms with van der Waals surface area (Å²) in [6.07, 6.45) is 7.66. The first kappa shape index (κ1) is 16.5. The highest BCUT2D eigenvalue weighted by molar-refractivity contribution is 5.92. The zero-order chi connectivity index (χ0) is 19.1. The summed E-state index contributed by atoms with van der Waals surface area (Å²) in [7, 11) is 0. The normalized spacial score (nSPS) is 12.4. The van der Waals surface area contributed by atoms with Gasteiger partial charge in [0.15, 0.2) is 5.82 Å². The number of halogens is 2. The zero-order valence-corrected chi connectivity index (χ0v) is 14.7. The van der Waals surface area contributed by atoms with Crippen molar-refractivity contribution in [3.8, 4) is 11.4 Å². The van der Waals surface area contributed by atoms with Crippen LogP contribution in [-0.4, -0.2) is 15.0 Å². The zero-order valence-electron chi connectivity index (χ0n) is 14.7. The Hall–Kier alpha value is -3.67. The SMILES string of the molecule is Fc1cc(Nc2nc(-c3ccncc3)nc3c(F)cccc23)cc2c1CC=C2. The maximum Gasteiger partial charge on any atom is 0.162 e. The molecule has 0 fully saturated rings. The lowest BCUT2D eigenvalue weighted by molar-refractivity contribution is 0.616. The van der Waals surface area contributed by atoms with Gasteiger partial charge in [0.05, 0.1) is 0 Å². The van der Waals surface area contributed by atoms with E-state index in [2.05, 4.69) is 20.3 Å². The Morgan fingerprint density at radius 2 is 1.79 bits per heavy atom. The van der Waals surface area contributed by atoms with E-state index in [0.29, 0.717) is 40.3 Å². The molecule has 0 aliphatic heterocycles. The van der Waals surface area contributed by atoms with Crippen LogP contribution >= 0.6 is 0 Å². The third-order valence-corrected chi connectivity index (χ3v) is 4.73. The quantitative estimate of drug-likeness (QED) is 0.531. The molecule has 0 atom stereocenters. The molecule has 1 aliphatic carbocycles. The standard InChI is InChI=1S/C22H14F2N4/c23-18-6-2-5-17-20(18)27-21(13-7-9-25-10-8-13)28-22(17)26-15-11-14-3-1-4-16(14)19(24)12-15/h1-3,5-12H,4H2,(H,26,27,28). The van der Waals surface area contributed by atoms with Crippen LogP contribution in [-0.2, 0) is 6.42 Å². The van der Waals surface area contributed by atoms with Gasteiger partial charge in [0.25, 0.3) is 0 Å². The molecule has 2 aromatic heterocycles. The summed E-state index contributed by atoms with van der Waals surface area (Å²) in [6, 6.07) is 11.5. The molecule has 0 unspecified atom stereocenters. The first-order valence-electron chi connectivity index (χ1n) is 8.82. The lowest BCUT2D eigenvalue weighted by Crippen LogP contribution is -2.02. The van der Waals surface area contributed by atoms with Crippen molar-refractivity contribution >= 4 is 28.5 Å². The fourth-order valence-corrected chi connectivity index (χ4v) is 3.38. The second-order valence-electron chi connectivity index (χ2n) is 6.53. The molecule has 4 aromatic rings. The smallest absolute Gasteiger partial charge is 0.162 e. The van der Waals surface area contributed by atoms with E-state index in [4.69, 9.17) is 0 Å². The van der Waals surface area contributed by atoms with Crippen molar-refractivity contribution in [3.63, 3.8) is 0 Å². The minimum absolute atomic E-state index is 0.202. The summed E-state index contributed by atoms with van der Waals surface area (Å²) in [5.41, 5.74) is 2.98. The van der Waals surface area contributed by atoms with Crippen LogP contribution in [0.5, 0.6) is 0 Å². The molecule has 0 saturated carbocycles. The maximum absolute atomic E-state index is 14.4. The van der Waals surface area contributed by atoms with Crippen LogP contribution in [0.25, 0.3) is 28.4 Å². The van der Waals surface area contributed by atoms with Crippen molar-refractivity contribution in [1.82, 2.24) is 15.0 Å². The number of aromatic nitrogens is 3. The summed E-state index contributed by atoms with van der Waals surface area (Å²) in [4.78, 5) is 12.9. The van der Waals surface area contributed by atoms with Crippen LogP contribution in [0.1, 0.15) is 11.1 Å². The van der Waals surface area contributed by atoms with Crippen molar-refractivity contribution in [2.45, 2.75) is 6.42 Å². The van der Waals surface area contributed by atoms with Crippen molar-refractivity contribution in [2.75, 3.05) is 5.32 Å². The van der Waals surface area contributed by atoms with Gasteiger partial charge in [-0.05, 0) is 53.9 Å². The molecular formula is C22H14F2N4. The second kappa shape index (κ2) is 6.49. The predicted octanol–water partition coefficient (Wildman–Crippen LogP) is 5.28. The van der Waals surface area contributed by atoms with Crippen molar-refractivity contribution < 1.29 is 8.78 Å². The third kappa shape index (κ3) is 2.79. The van der Waals surface area contributed by atoms with Crippen molar-refractivity contribution in [1.29, 1.82) is 0 Å². The van der Waals surface area contributed by atoms with Crippen LogP contribution in [0, 0.1) is 11.6 Å². The van der Waals surface area contributed by atoms with Gasteiger partial charge in [-0.1, -0.05) is 18.2 Å². The fraction of sp³-hybridized carbons (Fsp3) is 0.0455. The Bertz CT molecular complexity index is 1240. The molecule has 0 bridgehead atoms. The van der Waals surface area contributed by atoms with E-state index in [9.17, 15) is 8.78 Å². The van der Waals surface area contributed by atoms with Crippen LogP contribution in [0.4, 0.5) is 20.3 Å². The first-order chi connectivity index (χ1) is 13.7. The molecule has 5 rings (SSSR count). The molecule has 4 nitrogen and oxygen atoms in total. The lowest BCUT2D eigenvalue weighted by atomic mass is 10.1. The topological polar surface area (TPSA) is 50.7 Å². The van der Waals surface area contributed by atoms with Crippen LogP contribution < -0.4 is 5.32 Å². The number of fused-ring (bicyclic) bond motifs is 2. The lowest BCUT2D eigenvalue weighted by Gasteiger charge is -2.13. The van der Waals surface area contributed by atoms with Crippen LogP contribution in [0.2, 0.25) is 0 Å². The van der Waals surface area contributed by atoms with E-state index in [1.165, 1.54) is 12.1 Å². The molecule has 6 heteroatoms. The highest BCUT2D eigenvalue weighted by atomic mass is 19.1. The summed E-state index contributed by atoms with van der Waals surface area (Å²) < 4.78 is 28.8. The van der Waals surface area contributed by atoms with Gasteiger partial charge in [0.1, 0.15) is 23.0 Å². The molecule has 0 radical (unpaired) electrons. The highest BCUT2D eigenvalue weighted by Crippen LogP contribution is 2.31. The number of rotatable bonds is 3. The van der Waals surface area contributed by atoms with E-state index >= 15 is 0 Å². The van der Waals surface area contributed by atoms with Gasteiger partial charge in [0.2, 0.25) is 0 Å². The average molecular weight is 372 g/mol. The highest BCUT2D eigenvalue weighted by Gasteiger charge is 2.16. The Morgan fingerprint density at radius 1 is 0.929 bits per heavy atom. The molecule has 28 heavy (non-hydrogen) atoms. The summed E-state index contributed by atoms with van der Waals surface area (Å²) in [5.74, 6) is 0.0619. The van der Waals surface area contributed by atoms with Crippen molar-refractivity contribution in [3.05, 3.63) is 83.7 Å². The Balaban J connectivity index is 1.67. The fourth-order valence-electron chi connectivity index (χ4n) is 3.38. The Morgan fingerprint density at radius 3 is 2.64 bits per heavy atom. The summed E-state index contributed by atoms with van der Waals surface area (Å²) >= 11 is 0. The molecule has 0 spiro atoms. The van der Waals surface area contributed by atoms with Crippen LogP contribution in [0.3, 0.4) is 0 Å². The number of hydrogen-bond acceptors (Lipinski definition) is 4. The predicted molar refractivity (Wildman–Crippen MR) is 105 cm³/mol. The summed E-state index contributed by atoms with van der Waals surface area (Å²) in [5, 5.41) is 3.67. The van der Waals surface area contributed by atoms with E-state index in [1.807, 2.05) is 18.2 Å². The summed E-state index contributed by atoms with van der Waals surface area (Å²) in [6.45, 7) is 0. The molecular weight excluding hydrogens is 358 g/mol. The van der Waals surface area contributed by atoms with Crippen LogP contribution in [0.15, 0.2) is 60.9 Å². The van der Waals surface area contributed by atoms with Crippen molar-refractivity contribution in [2.24, 2.45) is 0 Å². The van der Waals surface area contributed by atoms with Gasteiger partial charge in [-0.3, -0.25) is 4.98 Å². The van der Waals surface area contributed by atoms with Gasteiger partial charge < -0.3 is 5.32 Å². The number of allylic oxidation sites excluding steroid dienone is 1. The Kier molecular flexibility index (Phi) is 3.83. The molecule has 136 valence electrons. The van der Waals surface area contributed by atoms with E-state index in [-0.39, 0.29) is 11.3 Å². The van der Waals surface area contributed by atoms with E-state index in [1.54, 1.807) is 36.7 Å². The molecule has 2 heterocycles. The Labute approximate surface area is 159 Å². The number of benzene rings is 2. The molecule has 1 aliphatic rings. The molecule has 2 aromatic carbocycles. The van der Waals surface area contributed by atoms with Gasteiger partial charge >= 0.3 is 0 Å². The van der Waals surface area contributed by atoms with Gasteiger partial charge in [-0.15, -0.1) is 0 Å². The van der Waals surface area contributed by atoms with Gasteiger partial charge in [0, 0.05) is 29.0 Å². The molecule has 0 saturated heterocycles. The number of hydrogen-bond donors (Lipinski definition) is 1. The monoisotopic (exact) mass is 372 g/mol. The van der Waals surface area contributed by atoms with E-state index < -0.39 is 5.82 Å². The average Bonchev–Trinajstić information content (AvgIpc) is 3.18. The number of para-hydroxylation sites is 1. The largest absolute Gasteiger partial charge is 0.339 e. The maximum atomic E-state index is 14.4. The number of nitrogens with one attached hydrogen (secondary N) is 1. The minimum atomic E-state index is -0.443.